The predicted molar refractivity (Wildman–Crippen MR) is 60.7 cm³/mol. The Hall–Kier alpha value is -0.990. The number of hydrogen-bond acceptors (Lipinski definition) is 2. The van der Waals surface area contributed by atoms with Gasteiger partial charge in [0, 0.05) is 25.8 Å². The highest BCUT2D eigenvalue weighted by atomic mass is 15.3. The maximum atomic E-state index is 4.30. The van der Waals surface area contributed by atoms with Crippen LogP contribution in [-0.4, -0.2) is 22.9 Å². The zero-order chi connectivity index (χ0) is 10.4. The number of anilines is 1. The van der Waals surface area contributed by atoms with E-state index in [0.29, 0.717) is 0 Å². The van der Waals surface area contributed by atoms with E-state index >= 15 is 0 Å². The minimum absolute atomic E-state index is 0.950. The quantitative estimate of drug-likeness (QED) is 0.695. The largest absolute Gasteiger partial charge is 0.369 e. The number of nitrogens with zero attached hydrogens (tertiary/aromatic N) is 3. The highest BCUT2D eigenvalue weighted by Gasteiger charge is 2.05. The van der Waals surface area contributed by atoms with Gasteiger partial charge in [0.1, 0.15) is 0 Å². The van der Waals surface area contributed by atoms with Crippen molar-refractivity contribution in [2.24, 2.45) is 0 Å². The normalized spacial score (nSPS) is 10.5. The van der Waals surface area contributed by atoms with Gasteiger partial charge in [0.05, 0.1) is 11.9 Å². The summed E-state index contributed by atoms with van der Waals surface area (Å²) in [5, 5.41) is 4.30. The van der Waals surface area contributed by atoms with Gasteiger partial charge in [0.15, 0.2) is 0 Å². The minimum atomic E-state index is 0.950. The second-order valence-electron chi connectivity index (χ2n) is 3.54. The third kappa shape index (κ3) is 2.76. The van der Waals surface area contributed by atoms with Crippen LogP contribution < -0.4 is 4.90 Å². The average molecular weight is 195 g/mol. The monoisotopic (exact) mass is 195 g/mol. The van der Waals surface area contributed by atoms with E-state index in [1.807, 2.05) is 10.9 Å². The fraction of sp³-hybridized carbons (Fsp3) is 0.727. The lowest BCUT2D eigenvalue weighted by Crippen LogP contribution is -2.24. The lowest BCUT2D eigenvalue weighted by molar-refractivity contribution is 0.659. The number of aromatic nitrogens is 2. The summed E-state index contributed by atoms with van der Waals surface area (Å²) in [6.45, 7) is 9.75. The van der Waals surface area contributed by atoms with Crippen molar-refractivity contribution < 1.29 is 0 Å². The molecular formula is C11H21N3. The van der Waals surface area contributed by atoms with Crippen molar-refractivity contribution in [1.29, 1.82) is 0 Å². The molecule has 14 heavy (non-hydrogen) atoms. The molecule has 1 aromatic heterocycles. The predicted octanol–water partition coefficient (Wildman–Crippen LogP) is 2.53. The van der Waals surface area contributed by atoms with Crippen LogP contribution in [0.1, 0.15) is 33.6 Å². The third-order valence-corrected chi connectivity index (χ3v) is 2.30. The topological polar surface area (TPSA) is 21.1 Å². The van der Waals surface area contributed by atoms with Crippen LogP contribution in [0.2, 0.25) is 0 Å². The molecule has 0 spiro atoms. The lowest BCUT2D eigenvalue weighted by Gasteiger charge is -2.21. The Morgan fingerprint density at radius 2 is 1.86 bits per heavy atom. The Morgan fingerprint density at radius 1 is 1.21 bits per heavy atom. The molecule has 0 aromatic carbocycles. The van der Waals surface area contributed by atoms with Crippen molar-refractivity contribution in [3.63, 3.8) is 0 Å². The molecule has 80 valence electrons. The van der Waals surface area contributed by atoms with E-state index in [2.05, 4.69) is 37.0 Å². The van der Waals surface area contributed by atoms with Gasteiger partial charge < -0.3 is 4.90 Å². The van der Waals surface area contributed by atoms with Crippen LogP contribution in [0.25, 0.3) is 0 Å². The summed E-state index contributed by atoms with van der Waals surface area (Å²) in [4.78, 5) is 2.40. The SMILES string of the molecule is CCCN(CCC)c1cnn(CC)c1. The van der Waals surface area contributed by atoms with Gasteiger partial charge in [-0.1, -0.05) is 13.8 Å². The van der Waals surface area contributed by atoms with E-state index in [1.165, 1.54) is 18.5 Å². The molecule has 0 N–H and O–H groups in total. The number of hydrogen-bond donors (Lipinski definition) is 0. The smallest absolute Gasteiger partial charge is 0.0752 e. The molecule has 0 saturated heterocycles. The van der Waals surface area contributed by atoms with Crippen LogP contribution in [0, 0.1) is 0 Å². The van der Waals surface area contributed by atoms with E-state index in [-0.39, 0.29) is 0 Å². The van der Waals surface area contributed by atoms with Gasteiger partial charge in [-0.3, -0.25) is 4.68 Å². The molecule has 0 atom stereocenters. The number of rotatable bonds is 6. The molecule has 1 rings (SSSR count). The number of aryl methyl sites for hydroxylation is 1. The van der Waals surface area contributed by atoms with Crippen LogP contribution in [0.5, 0.6) is 0 Å². The summed E-state index contributed by atoms with van der Waals surface area (Å²) in [7, 11) is 0. The molecule has 0 radical (unpaired) electrons. The summed E-state index contributed by atoms with van der Waals surface area (Å²) >= 11 is 0. The molecular weight excluding hydrogens is 174 g/mol. The van der Waals surface area contributed by atoms with E-state index in [9.17, 15) is 0 Å². The first-order valence-electron chi connectivity index (χ1n) is 5.59. The molecule has 1 heterocycles. The minimum Gasteiger partial charge on any atom is -0.369 e. The maximum Gasteiger partial charge on any atom is 0.0752 e. The first kappa shape index (κ1) is 11.1. The summed E-state index contributed by atoms with van der Waals surface area (Å²) in [6.07, 6.45) is 6.48. The van der Waals surface area contributed by atoms with E-state index in [1.54, 1.807) is 0 Å². The van der Waals surface area contributed by atoms with Gasteiger partial charge in [-0.05, 0) is 19.8 Å². The van der Waals surface area contributed by atoms with Crippen molar-refractivity contribution >= 4 is 5.69 Å². The molecule has 0 bridgehead atoms. The van der Waals surface area contributed by atoms with Gasteiger partial charge in [0.25, 0.3) is 0 Å². The first-order valence-corrected chi connectivity index (χ1v) is 5.59. The van der Waals surface area contributed by atoms with Gasteiger partial charge in [0.2, 0.25) is 0 Å². The van der Waals surface area contributed by atoms with Crippen molar-refractivity contribution in [1.82, 2.24) is 9.78 Å². The average Bonchev–Trinajstić information content (AvgIpc) is 2.65. The Bertz CT molecular complexity index is 249. The molecule has 0 fully saturated rings. The van der Waals surface area contributed by atoms with Crippen molar-refractivity contribution in [3.8, 4) is 0 Å². The Balaban J connectivity index is 2.65. The van der Waals surface area contributed by atoms with Gasteiger partial charge in [-0.2, -0.15) is 5.10 Å². The van der Waals surface area contributed by atoms with Crippen LogP contribution in [-0.2, 0) is 6.54 Å². The van der Waals surface area contributed by atoms with Crippen LogP contribution in [0.3, 0.4) is 0 Å². The Kier molecular flexibility index (Phi) is 4.50. The molecule has 0 aliphatic carbocycles. The third-order valence-electron chi connectivity index (χ3n) is 2.30. The Labute approximate surface area is 86.7 Å². The van der Waals surface area contributed by atoms with Gasteiger partial charge >= 0.3 is 0 Å². The van der Waals surface area contributed by atoms with E-state index < -0.39 is 0 Å². The zero-order valence-electron chi connectivity index (χ0n) is 9.53. The van der Waals surface area contributed by atoms with Crippen molar-refractivity contribution in [2.75, 3.05) is 18.0 Å². The van der Waals surface area contributed by atoms with Crippen LogP contribution in [0.15, 0.2) is 12.4 Å². The zero-order valence-corrected chi connectivity index (χ0v) is 9.53. The molecule has 3 nitrogen and oxygen atoms in total. The standard InChI is InChI=1S/C11H21N3/c1-4-7-13(8-5-2)11-9-12-14(6-3)10-11/h9-10H,4-8H2,1-3H3. The van der Waals surface area contributed by atoms with Crippen molar-refractivity contribution in [3.05, 3.63) is 12.4 Å². The molecule has 0 aliphatic heterocycles. The highest BCUT2D eigenvalue weighted by molar-refractivity contribution is 5.41. The summed E-state index contributed by atoms with van der Waals surface area (Å²) in [5.74, 6) is 0. The van der Waals surface area contributed by atoms with Crippen molar-refractivity contribution in [2.45, 2.75) is 40.2 Å². The van der Waals surface area contributed by atoms with Crippen LogP contribution in [0.4, 0.5) is 5.69 Å². The summed E-state index contributed by atoms with van der Waals surface area (Å²) < 4.78 is 1.98. The summed E-state index contributed by atoms with van der Waals surface area (Å²) in [6, 6.07) is 0. The second-order valence-corrected chi connectivity index (χ2v) is 3.54. The first-order chi connectivity index (χ1) is 6.81. The Morgan fingerprint density at radius 3 is 2.29 bits per heavy atom. The maximum absolute atomic E-state index is 4.30. The molecule has 1 aromatic rings. The van der Waals surface area contributed by atoms with Gasteiger partial charge in [-0.25, -0.2) is 0 Å². The highest BCUT2D eigenvalue weighted by Crippen LogP contribution is 2.13. The summed E-state index contributed by atoms with van der Waals surface area (Å²) in [5.41, 5.74) is 1.26. The lowest BCUT2D eigenvalue weighted by atomic mass is 10.3. The fourth-order valence-corrected chi connectivity index (χ4v) is 1.60. The molecule has 0 saturated carbocycles. The van der Waals surface area contributed by atoms with Crippen LogP contribution >= 0.6 is 0 Å². The fourth-order valence-electron chi connectivity index (χ4n) is 1.60. The molecule has 0 aliphatic rings. The second kappa shape index (κ2) is 5.68. The molecule has 0 unspecified atom stereocenters. The molecule has 3 heteroatoms. The van der Waals surface area contributed by atoms with E-state index in [4.69, 9.17) is 0 Å². The van der Waals surface area contributed by atoms with Gasteiger partial charge in [-0.15, -0.1) is 0 Å². The molecule has 0 amide bonds. The van der Waals surface area contributed by atoms with E-state index in [0.717, 1.165) is 19.6 Å².